The molecule has 0 radical (unpaired) electrons. The summed E-state index contributed by atoms with van der Waals surface area (Å²) in [7, 11) is 0. The van der Waals surface area contributed by atoms with E-state index in [9.17, 15) is 14.4 Å². The van der Waals surface area contributed by atoms with Crippen molar-refractivity contribution in [2.75, 3.05) is 31.1 Å². The molecule has 1 atom stereocenters. The van der Waals surface area contributed by atoms with E-state index < -0.39 is 12.0 Å². The third-order valence-corrected chi connectivity index (χ3v) is 5.77. The van der Waals surface area contributed by atoms with E-state index in [1.165, 1.54) is 10.5 Å². The molecule has 0 spiro atoms. The van der Waals surface area contributed by atoms with Crippen LogP contribution in [0, 0.1) is 0 Å². The first-order valence-electron chi connectivity index (χ1n) is 10.2. The van der Waals surface area contributed by atoms with Crippen molar-refractivity contribution < 1.29 is 19.5 Å². The second-order valence-corrected chi connectivity index (χ2v) is 7.82. The maximum Gasteiger partial charge on any atom is 0.307 e. The van der Waals surface area contributed by atoms with Crippen molar-refractivity contribution >= 4 is 23.5 Å². The van der Waals surface area contributed by atoms with E-state index in [1.54, 1.807) is 24.3 Å². The number of carbonyl (C=O) groups is 3. The van der Waals surface area contributed by atoms with Crippen molar-refractivity contribution in [3.05, 3.63) is 65.7 Å². The number of hydrogen-bond acceptors (Lipinski definition) is 5. The van der Waals surface area contributed by atoms with Crippen LogP contribution in [-0.2, 0) is 27.3 Å². The molecule has 1 N–H and O–H groups in total. The van der Waals surface area contributed by atoms with Gasteiger partial charge in [-0.25, -0.2) is 4.90 Å². The van der Waals surface area contributed by atoms with Crippen molar-refractivity contribution in [1.29, 1.82) is 0 Å². The van der Waals surface area contributed by atoms with Crippen LogP contribution in [-0.4, -0.2) is 64.9 Å². The number of carbonyl (C=O) groups excluding carboxylic acids is 2. The van der Waals surface area contributed by atoms with Crippen LogP contribution in [0.15, 0.2) is 54.6 Å². The highest BCUT2D eigenvalue weighted by atomic mass is 16.4. The first-order valence-corrected chi connectivity index (χ1v) is 10.2. The summed E-state index contributed by atoms with van der Waals surface area (Å²) in [4.78, 5) is 42.1. The van der Waals surface area contributed by atoms with E-state index in [-0.39, 0.29) is 24.7 Å². The van der Waals surface area contributed by atoms with Gasteiger partial charge in [0, 0.05) is 32.7 Å². The largest absolute Gasteiger partial charge is 0.481 e. The lowest BCUT2D eigenvalue weighted by Gasteiger charge is -2.37. The van der Waals surface area contributed by atoms with Gasteiger partial charge in [0.1, 0.15) is 0 Å². The Hall–Kier alpha value is -3.03. The molecule has 2 aliphatic rings. The van der Waals surface area contributed by atoms with Crippen molar-refractivity contribution in [1.82, 2.24) is 9.80 Å². The van der Waals surface area contributed by atoms with Gasteiger partial charge in [0.05, 0.1) is 24.6 Å². The van der Waals surface area contributed by atoms with E-state index in [0.29, 0.717) is 11.3 Å². The molecule has 0 aliphatic carbocycles. The van der Waals surface area contributed by atoms with Crippen LogP contribution in [0.1, 0.15) is 17.5 Å². The average molecular weight is 407 g/mol. The topological polar surface area (TPSA) is 81.2 Å². The molecule has 2 amide bonds. The number of imide groups is 1. The van der Waals surface area contributed by atoms with Crippen molar-refractivity contribution in [3.63, 3.8) is 0 Å². The number of aliphatic carboxylic acids is 1. The molecule has 7 heteroatoms. The molecular formula is C23H25N3O4. The van der Waals surface area contributed by atoms with E-state index in [2.05, 4.69) is 21.9 Å². The molecule has 2 saturated heterocycles. The zero-order chi connectivity index (χ0) is 21.1. The molecule has 2 heterocycles. The minimum atomic E-state index is -0.914. The lowest BCUT2D eigenvalue weighted by atomic mass is 10.1. The molecule has 2 fully saturated rings. The normalized spacial score (nSPS) is 20.7. The van der Waals surface area contributed by atoms with E-state index in [1.807, 2.05) is 18.2 Å². The molecule has 2 aromatic rings. The van der Waals surface area contributed by atoms with Gasteiger partial charge >= 0.3 is 5.97 Å². The summed E-state index contributed by atoms with van der Waals surface area (Å²) in [6.07, 6.45) is 0.104. The SMILES string of the molecule is O=C(O)Cc1ccc(N2C(=O)CC(N3CCN(Cc4ccccc4)CC3)C2=O)cc1. The van der Waals surface area contributed by atoms with Gasteiger partial charge in [-0.1, -0.05) is 42.5 Å². The van der Waals surface area contributed by atoms with Crippen LogP contribution < -0.4 is 4.90 Å². The summed E-state index contributed by atoms with van der Waals surface area (Å²) in [6, 6.07) is 16.5. The van der Waals surface area contributed by atoms with Crippen molar-refractivity contribution in [3.8, 4) is 0 Å². The molecule has 30 heavy (non-hydrogen) atoms. The highest BCUT2D eigenvalue weighted by Gasteiger charge is 2.43. The predicted molar refractivity (Wildman–Crippen MR) is 112 cm³/mol. The first-order chi connectivity index (χ1) is 14.5. The Bertz CT molecular complexity index is 921. The van der Waals surface area contributed by atoms with Crippen LogP contribution in [0.5, 0.6) is 0 Å². The summed E-state index contributed by atoms with van der Waals surface area (Å²) in [5, 5.41) is 8.88. The van der Waals surface area contributed by atoms with Crippen LogP contribution in [0.4, 0.5) is 5.69 Å². The third-order valence-electron chi connectivity index (χ3n) is 5.77. The summed E-state index contributed by atoms with van der Waals surface area (Å²) < 4.78 is 0. The fourth-order valence-corrected chi connectivity index (χ4v) is 4.18. The zero-order valence-electron chi connectivity index (χ0n) is 16.7. The summed E-state index contributed by atoms with van der Waals surface area (Å²) in [5.74, 6) is -1.31. The Kier molecular flexibility index (Phi) is 5.92. The molecule has 156 valence electrons. The summed E-state index contributed by atoms with van der Waals surface area (Å²) in [5.41, 5.74) is 2.41. The smallest absolute Gasteiger partial charge is 0.307 e. The fraction of sp³-hybridized carbons (Fsp3) is 0.348. The van der Waals surface area contributed by atoms with E-state index in [4.69, 9.17) is 5.11 Å². The molecule has 0 aromatic heterocycles. The molecule has 4 rings (SSSR count). The minimum Gasteiger partial charge on any atom is -0.481 e. The Morgan fingerprint density at radius 2 is 1.57 bits per heavy atom. The first kappa shape index (κ1) is 20.3. The Morgan fingerprint density at radius 1 is 0.900 bits per heavy atom. The molecule has 1 unspecified atom stereocenters. The molecular weight excluding hydrogens is 382 g/mol. The lowest BCUT2D eigenvalue weighted by Crippen LogP contribution is -2.52. The number of rotatable bonds is 6. The quantitative estimate of drug-likeness (QED) is 0.735. The van der Waals surface area contributed by atoms with Gasteiger partial charge in [-0.15, -0.1) is 0 Å². The second-order valence-electron chi connectivity index (χ2n) is 7.82. The van der Waals surface area contributed by atoms with Gasteiger partial charge < -0.3 is 5.11 Å². The molecule has 2 aromatic carbocycles. The maximum absolute atomic E-state index is 13.0. The zero-order valence-corrected chi connectivity index (χ0v) is 16.7. The van der Waals surface area contributed by atoms with Gasteiger partial charge in [0.25, 0.3) is 5.91 Å². The van der Waals surface area contributed by atoms with Crippen molar-refractivity contribution in [2.45, 2.75) is 25.4 Å². The highest BCUT2D eigenvalue weighted by molar-refractivity contribution is 6.22. The number of amides is 2. The Balaban J connectivity index is 1.37. The fourth-order valence-electron chi connectivity index (χ4n) is 4.18. The summed E-state index contributed by atoms with van der Waals surface area (Å²) in [6.45, 7) is 4.11. The summed E-state index contributed by atoms with van der Waals surface area (Å²) >= 11 is 0. The van der Waals surface area contributed by atoms with Crippen LogP contribution >= 0.6 is 0 Å². The van der Waals surface area contributed by atoms with E-state index in [0.717, 1.165) is 32.7 Å². The number of anilines is 1. The molecule has 0 saturated carbocycles. The van der Waals surface area contributed by atoms with Crippen LogP contribution in [0.25, 0.3) is 0 Å². The van der Waals surface area contributed by atoms with Gasteiger partial charge in [-0.05, 0) is 23.3 Å². The van der Waals surface area contributed by atoms with Gasteiger partial charge in [-0.2, -0.15) is 0 Å². The average Bonchev–Trinajstić information content (AvgIpc) is 3.04. The van der Waals surface area contributed by atoms with Crippen LogP contribution in [0.2, 0.25) is 0 Å². The van der Waals surface area contributed by atoms with Crippen molar-refractivity contribution in [2.24, 2.45) is 0 Å². The Labute approximate surface area is 175 Å². The highest BCUT2D eigenvalue weighted by Crippen LogP contribution is 2.27. The van der Waals surface area contributed by atoms with E-state index >= 15 is 0 Å². The van der Waals surface area contributed by atoms with Gasteiger partial charge in [-0.3, -0.25) is 24.2 Å². The lowest BCUT2D eigenvalue weighted by molar-refractivity contribution is -0.136. The molecule has 0 bridgehead atoms. The predicted octanol–water partition coefficient (Wildman–Crippen LogP) is 1.76. The van der Waals surface area contributed by atoms with Gasteiger partial charge in [0.2, 0.25) is 5.91 Å². The number of hydrogen-bond donors (Lipinski definition) is 1. The number of nitrogens with zero attached hydrogens (tertiary/aromatic N) is 3. The number of piperazine rings is 1. The Morgan fingerprint density at radius 3 is 2.20 bits per heavy atom. The maximum atomic E-state index is 13.0. The monoisotopic (exact) mass is 407 g/mol. The molecule has 2 aliphatic heterocycles. The standard InChI is InChI=1S/C23H25N3O4/c27-21-15-20(23(30)26(21)19-8-6-17(7-9-19)14-22(28)29)25-12-10-24(11-13-25)16-18-4-2-1-3-5-18/h1-9,20H,10-16H2,(H,28,29). The second kappa shape index (κ2) is 8.77. The minimum absolute atomic E-state index is 0.0853. The number of carboxylic acid groups (broad SMARTS) is 1. The third kappa shape index (κ3) is 4.42. The van der Waals surface area contributed by atoms with Gasteiger partial charge in [0.15, 0.2) is 0 Å². The van der Waals surface area contributed by atoms with Crippen LogP contribution in [0.3, 0.4) is 0 Å². The number of carboxylic acids is 1. The number of benzene rings is 2. The molecule has 7 nitrogen and oxygen atoms in total.